The molecule has 0 bridgehead atoms. The lowest BCUT2D eigenvalue weighted by atomic mass is 9.99. The first-order chi connectivity index (χ1) is 8.92. The molecule has 1 aromatic carbocycles. The van der Waals surface area contributed by atoms with Crippen LogP contribution >= 0.6 is 0 Å². The van der Waals surface area contributed by atoms with Gasteiger partial charge < -0.3 is 19.7 Å². The van der Waals surface area contributed by atoms with Crippen molar-refractivity contribution in [2.75, 3.05) is 13.7 Å². The number of esters is 1. The van der Waals surface area contributed by atoms with Crippen molar-refractivity contribution in [1.29, 1.82) is 0 Å². The molecule has 1 aromatic rings. The van der Waals surface area contributed by atoms with Gasteiger partial charge in [-0.2, -0.15) is 0 Å². The lowest BCUT2D eigenvalue weighted by Gasteiger charge is -2.19. The Labute approximate surface area is 112 Å². The molecule has 0 spiro atoms. The number of hydrogen-bond donors (Lipinski definition) is 2. The van der Waals surface area contributed by atoms with Crippen LogP contribution in [0.1, 0.15) is 29.7 Å². The number of aliphatic hydroxyl groups is 2. The van der Waals surface area contributed by atoms with Crippen molar-refractivity contribution in [1.82, 2.24) is 0 Å². The fraction of sp³-hybridized carbons (Fsp3) is 0.500. The molecule has 0 fully saturated rings. The summed E-state index contributed by atoms with van der Waals surface area (Å²) in [6, 6.07) is 3.36. The van der Waals surface area contributed by atoms with Crippen LogP contribution in [-0.4, -0.2) is 36.0 Å². The third-order valence-electron chi connectivity index (χ3n) is 2.86. The summed E-state index contributed by atoms with van der Waals surface area (Å²) in [4.78, 5) is 11.4. The fourth-order valence-electron chi connectivity index (χ4n) is 2.02. The second kappa shape index (κ2) is 6.54. The standard InChI is InChI=1S/C14H20O5/c1-5-19-14(17)12(16)11(15)10-6-8(2)13(18-4)9(3)7-10/h6-7,11-12,15-16H,5H2,1-4H3. The number of rotatable bonds is 5. The minimum atomic E-state index is -1.59. The largest absolute Gasteiger partial charge is 0.496 e. The highest BCUT2D eigenvalue weighted by atomic mass is 16.5. The van der Waals surface area contributed by atoms with Gasteiger partial charge in [0.2, 0.25) is 0 Å². The molecule has 0 heterocycles. The quantitative estimate of drug-likeness (QED) is 0.786. The number of benzene rings is 1. The molecule has 2 N–H and O–H groups in total. The van der Waals surface area contributed by atoms with Crippen LogP contribution in [0.5, 0.6) is 5.75 Å². The van der Waals surface area contributed by atoms with Crippen LogP contribution in [0.2, 0.25) is 0 Å². The molecule has 1 rings (SSSR count). The smallest absolute Gasteiger partial charge is 0.338 e. The topological polar surface area (TPSA) is 76.0 Å². The number of ether oxygens (including phenoxy) is 2. The molecule has 0 radical (unpaired) electrons. The molecular weight excluding hydrogens is 248 g/mol. The highest BCUT2D eigenvalue weighted by Crippen LogP contribution is 2.28. The maximum absolute atomic E-state index is 11.4. The molecule has 5 nitrogen and oxygen atoms in total. The minimum absolute atomic E-state index is 0.156. The van der Waals surface area contributed by atoms with Crippen molar-refractivity contribution in [2.45, 2.75) is 33.0 Å². The van der Waals surface area contributed by atoms with Gasteiger partial charge in [0, 0.05) is 0 Å². The molecule has 0 saturated carbocycles. The average molecular weight is 268 g/mol. The molecule has 106 valence electrons. The number of aliphatic hydroxyl groups excluding tert-OH is 2. The highest BCUT2D eigenvalue weighted by molar-refractivity contribution is 5.75. The number of aryl methyl sites for hydroxylation is 2. The summed E-state index contributed by atoms with van der Waals surface area (Å²) in [6.45, 7) is 5.46. The van der Waals surface area contributed by atoms with Gasteiger partial charge in [-0.1, -0.05) is 0 Å². The zero-order valence-corrected chi connectivity index (χ0v) is 11.6. The van der Waals surface area contributed by atoms with Gasteiger partial charge in [-0.15, -0.1) is 0 Å². The summed E-state index contributed by atoms with van der Waals surface area (Å²) in [5, 5.41) is 19.7. The molecule has 2 unspecified atom stereocenters. The van der Waals surface area contributed by atoms with Crippen LogP contribution in [-0.2, 0) is 9.53 Å². The van der Waals surface area contributed by atoms with Gasteiger partial charge in [-0.3, -0.25) is 0 Å². The third-order valence-corrected chi connectivity index (χ3v) is 2.86. The van der Waals surface area contributed by atoms with Crippen molar-refractivity contribution in [2.24, 2.45) is 0 Å². The number of carbonyl (C=O) groups is 1. The first-order valence-electron chi connectivity index (χ1n) is 6.10. The van der Waals surface area contributed by atoms with Gasteiger partial charge in [-0.05, 0) is 49.6 Å². The summed E-state index contributed by atoms with van der Waals surface area (Å²) >= 11 is 0. The Balaban J connectivity index is 3.00. The van der Waals surface area contributed by atoms with E-state index in [1.807, 2.05) is 13.8 Å². The normalized spacial score (nSPS) is 13.8. The maximum atomic E-state index is 11.4. The van der Waals surface area contributed by atoms with E-state index in [1.54, 1.807) is 26.2 Å². The molecular formula is C14H20O5. The summed E-state index contributed by atoms with van der Waals surface area (Å²) in [5.41, 5.74) is 2.11. The predicted octanol–water partition coefficient (Wildman–Crippen LogP) is 1.27. The molecule has 0 aliphatic heterocycles. The van der Waals surface area contributed by atoms with Crippen LogP contribution in [0.3, 0.4) is 0 Å². The van der Waals surface area contributed by atoms with E-state index >= 15 is 0 Å². The number of methoxy groups -OCH3 is 1. The Morgan fingerprint density at radius 1 is 1.26 bits per heavy atom. The van der Waals surface area contributed by atoms with Crippen LogP contribution in [0.25, 0.3) is 0 Å². The molecule has 0 aliphatic carbocycles. The molecule has 19 heavy (non-hydrogen) atoms. The Kier molecular flexibility index (Phi) is 5.32. The predicted molar refractivity (Wildman–Crippen MR) is 70.1 cm³/mol. The van der Waals surface area contributed by atoms with E-state index in [-0.39, 0.29) is 6.61 Å². The molecule has 0 saturated heterocycles. The molecule has 0 amide bonds. The lowest BCUT2D eigenvalue weighted by Crippen LogP contribution is -2.30. The van der Waals surface area contributed by atoms with Crippen LogP contribution in [0.4, 0.5) is 0 Å². The van der Waals surface area contributed by atoms with Gasteiger partial charge >= 0.3 is 5.97 Å². The van der Waals surface area contributed by atoms with Gasteiger partial charge in [0.05, 0.1) is 13.7 Å². The maximum Gasteiger partial charge on any atom is 0.338 e. The van der Waals surface area contributed by atoms with Crippen molar-refractivity contribution in [3.05, 3.63) is 28.8 Å². The monoisotopic (exact) mass is 268 g/mol. The fourth-order valence-corrected chi connectivity index (χ4v) is 2.02. The van der Waals surface area contributed by atoms with E-state index in [0.717, 1.165) is 16.9 Å². The third kappa shape index (κ3) is 3.45. The van der Waals surface area contributed by atoms with Crippen molar-refractivity contribution in [3.63, 3.8) is 0 Å². The Morgan fingerprint density at radius 2 is 1.79 bits per heavy atom. The van der Waals surface area contributed by atoms with Crippen molar-refractivity contribution < 1.29 is 24.5 Å². The van der Waals surface area contributed by atoms with Crippen molar-refractivity contribution in [3.8, 4) is 5.75 Å². The summed E-state index contributed by atoms with van der Waals surface area (Å²) in [5.74, 6) is -0.109. The van der Waals surface area contributed by atoms with Crippen molar-refractivity contribution >= 4 is 5.97 Å². The number of hydrogen-bond acceptors (Lipinski definition) is 5. The van der Waals surface area contributed by atoms with Gasteiger partial charge in [0.25, 0.3) is 0 Å². The summed E-state index contributed by atoms with van der Waals surface area (Å²) in [7, 11) is 1.57. The lowest BCUT2D eigenvalue weighted by molar-refractivity contribution is -0.159. The Morgan fingerprint density at radius 3 is 2.21 bits per heavy atom. The average Bonchev–Trinajstić information content (AvgIpc) is 2.36. The second-order valence-corrected chi connectivity index (χ2v) is 4.33. The zero-order valence-electron chi connectivity index (χ0n) is 11.6. The minimum Gasteiger partial charge on any atom is -0.496 e. The summed E-state index contributed by atoms with van der Waals surface area (Å²) < 4.78 is 9.90. The summed E-state index contributed by atoms with van der Waals surface area (Å²) in [6.07, 6.45) is -2.91. The van der Waals surface area contributed by atoms with E-state index in [1.165, 1.54) is 0 Å². The van der Waals surface area contributed by atoms with E-state index < -0.39 is 18.2 Å². The first-order valence-corrected chi connectivity index (χ1v) is 6.10. The number of carbonyl (C=O) groups excluding carboxylic acids is 1. The van der Waals surface area contributed by atoms with E-state index in [4.69, 9.17) is 4.74 Å². The first kappa shape index (κ1) is 15.5. The Bertz CT molecular complexity index is 432. The molecule has 0 aromatic heterocycles. The van der Waals surface area contributed by atoms with Gasteiger partial charge in [0.1, 0.15) is 11.9 Å². The molecule has 0 aliphatic rings. The molecule has 2 atom stereocenters. The van der Waals surface area contributed by atoms with E-state index in [0.29, 0.717) is 5.56 Å². The SMILES string of the molecule is CCOC(=O)C(O)C(O)c1cc(C)c(OC)c(C)c1. The van der Waals surface area contributed by atoms with Gasteiger partial charge in [0.15, 0.2) is 6.10 Å². The Hall–Kier alpha value is -1.59. The van der Waals surface area contributed by atoms with Crippen LogP contribution in [0.15, 0.2) is 12.1 Å². The van der Waals surface area contributed by atoms with E-state index in [9.17, 15) is 15.0 Å². The second-order valence-electron chi connectivity index (χ2n) is 4.33. The molecule has 5 heteroatoms. The van der Waals surface area contributed by atoms with E-state index in [2.05, 4.69) is 4.74 Å². The zero-order chi connectivity index (χ0) is 14.6. The van der Waals surface area contributed by atoms with Crippen LogP contribution < -0.4 is 4.74 Å². The van der Waals surface area contributed by atoms with Gasteiger partial charge in [-0.25, -0.2) is 4.79 Å². The van der Waals surface area contributed by atoms with Crippen LogP contribution in [0, 0.1) is 13.8 Å². The highest BCUT2D eigenvalue weighted by Gasteiger charge is 2.27.